The lowest BCUT2D eigenvalue weighted by molar-refractivity contribution is -0.136. The van der Waals surface area contributed by atoms with Gasteiger partial charge in [-0.1, -0.05) is 24.3 Å². The predicted octanol–water partition coefficient (Wildman–Crippen LogP) is 2.71. The highest BCUT2D eigenvalue weighted by atomic mass is 16.2. The van der Waals surface area contributed by atoms with Crippen molar-refractivity contribution < 1.29 is 9.59 Å². The lowest BCUT2D eigenvalue weighted by Gasteiger charge is -2.26. The number of Topliss-reactive ketones (excluding diaryl/α,β-unsaturated/α-hetero) is 1. The van der Waals surface area contributed by atoms with Gasteiger partial charge in [0.25, 0.3) is 0 Å². The summed E-state index contributed by atoms with van der Waals surface area (Å²) in [4.78, 5) is 25.3. The minimum atomic E-state index is 0.0340. The van der Waals surface area contributed by atoms with E-state index in [0.717, 1.165) is 12.8 Å². The molecule has 0 heterocycles. The summed E-state index contributed by atoms with van der Waals surface area (Å²) >= 11 is 0. The molecule has 3 nitrogen and oxygen atoms in total. The van der Waals surface area contributed by atoms with E-state index in [1.165, 1.54) is 11.1 Å². The van der Waals surface area contributed by atoms with E-state index in [-0.39, 0.29) is 11.8 Å². The zero-order valence-electron chi connectivity index (χ0n) is 11.7. The van der Waals surface area contributed by atoms with Gasteiger partial charge in [0.05, 0.1) is 0 Å². The summed E-state index contributed by atoms with van der Waals surface area (Å²) in [6.45, 7) is 2.71. The Morgan fingerprint density at radius 3 is 2.53 bits per heavy atom. The molecule has 1 aromatic rings. The second-order valence-corrected chi connectivity index (χ2v) is 5.43. The van der Waals surface area contributed by atoms with Gasteiger partial charge in [0.15, 0.2) is 0 Å². The summed E-state index contributed by atoms with van der Waals surface area (Å²) in [6, 6.07) is 8.13. The molecule has 0 atom stereocenters. The van der Waals surface area contributed by atoms with E-state index in [2.05, 4.69) is 19.1 Å². The van der Waals surface area contributed by atoms with Crippen LogP contribution in [0.25, 0.3) is 0 Å². The van der Waals surface area contributed by atoms with Crippen LogP contribution in [0.5, 0.6) is 0 Å². The van der Waals surface area contributed by atoms with Crippen LogP contribution in [-0.4, -0.2) is 23.6 Å². The molecule has 0 radical (unpaired) electrons. The van der Waals surface area contributed by atoms with Crippen molar-refractivity contribution in [3.63, 3.8) is 0 Å². The standard InChI is InChI=1S/C16H21NO2/c1-12-5-3-4-6-14(12)11-17(2)16(19)13-7-9-15(18)10-8-13/h3-6,13H,7-11H2,1-2H3. The normalized spacial score (nSPS) is 16.4. The van der Waals surface area contributed by atoms with Gasteiger partial charge in [-0.15, -0.1) is 0 Å². The van der Waals surface area contributed by atoms with E-state index in [4.69, 9.17) is 0 Å². The highest BCUT2D eigenvalue weighted by molar-refractivity contribution is 5.84. The predicted molar refractivity (Wildman–Crippen MR) is 74.6 cm³/mol. The quantitative estimate of drug-likeness (QED) is 0.837. The molecule has 1 aliphatic carbocycles. The summed E-state index contributed by atoms with van der Waals surface area (Å²) in [5, 5.41) is 0. The topological polar surface area (TPSA) is 37.4 Å². The van der Waals surface area contributed by atoms with Crippen LogP contribution in [0.1, 0.15) is 36.8 Å². The maximum Gasteiger partial charge on any atom is 0.225 e. The van der Waals surface area contributed by atoms with Crippen LogP contribution in [0, 0.1) is 12.8 Å². The van der Waals surface area contributed by atoms with Crippen LogP contribution in [0.15, 0.2) is 24.3 Å². The molecule has 1 amide bonds. The highest BCUT2D eigenvalue weighted by Crippen LogP contribution is 2.24. The maximum atomic E-state index is 12.3. The van der Waals surface area contributed by atoms with Crippen LogP contribution < -0.4 is 0 Å². The summed E-state index contributed by atoms with van der Waals surface area (Å²) in [7, 11) is 1.85. The van der Waals surface area contributed by atoms with Crippen molar-refractivity contribution >= 4 is 11.7 Å². The van der Waals surface area contributed by atoms with E-state index < -0.39 is 0 Å². The van der Waals surface area contributed by atoms with Crippen LogP contribution >= 0.6 is 0 Å². The molecule has 19 heavy (non-hydrogen) atoms. The number of amides is 1. The zero-order valence-corrected chi connectivity index (χ0v) is 11.7. The van der Waals surface area contributed by atoms with Crippen LogP contribution in [0.2, 0.25) is 0 Å². The fourth-order valence-electron chi connectivity index (χ4n) is 2.62. The Bertz CT molecular complexity index is 471. The van der Waals surface area contributed by atoms with Gasteiger partial charge >= 0.3 is 0 Å². The van der Waals surface area contributed by atoms with Gasteiger partial charge in [-0.3, -0.25) is 9.59 Å². The monoisotopic (exact) mass is 259 g/mol. The van der Waals surface area contributed by atoms with E-state index >= 15 is 0 Å². The van der Waals surface area contributed by atoms with Crippen molar-refractivity contribution in [2.45, 2.75) is 39.2 Å². The summed E-state index contributed by atoms with van der Waals surface area (Å²) < 4.78 is 0. The van der Waals surface area contributed by atoms with Crippen molar-refractivity contribution in [3.8, 4) is 0 Å². The Kier molecular flexibility index (Phi) is 4.35. The van der Waals surface area contributed by atoms with Crippen LogP contribution in [0.4, 0.5) is 0 Å². The smallest absolute Gasteiger partial charge is 0.225 e. The van der Waals surface area contributed by atoms with Crippen molar-refractivity contribution in [1.29, 1.82) is 0 Å². The Morgan fingerprint density at radius 2 is 1.89 bits per heavy atom. The SMILES string of the molecule is Cc1ccccc1CN(C)C(=O)C1CCC(=O)CC1. The number of carbonyl (C=O) groups is 2. The number of benzene rings is 1. The average molecular weight is 259 g/mol. The molecule has 102 valence electrons. The van der Waals surface area contributed by atoms with Gasteiger partial charge in [-0.25, -0.2) is 0 Å². The fraction of sp³-hybridized carbons (Fsp3) is 0.500. The Labute approximate surface area is 114 Å². The fourth-order valence-corrected chi connectivity index (χ4v) is 2.62. The molecule has 3 heteroatoms. The summed E-state index contributed by atoms with van der Waals surface area (Å²) in [5.74, 6) is 0.507. The molecule has 1 saturated carbocycles. The van der Waals surface area contributed by atoms with E-state index in [1.54, 1.807) is 4.90 Å². The van der Waals surface area contributed by atoms with Crippen molar-refractivity contribution in [2.24, 2.45) is 5.92 Å². The third-order valence-electron chi connectivity index (χ3n) is 3.94. The largest absolute Gasteiger partial charge is 0.341 e. The first-order chi connectivity index (χ1) is 9.08. The third kappa shape index (κ3) is 3.43. The minimum absolute atomic E-state index is 0.0340. The van der Waals surface area contributed by atoms with E-state index in [0.29, 0.717) is 25.2 Å². The number of ketones is 1. The number of rotatable bonds is 3. The molecular formula is C16H21NO2. The van der Waals surface area contributed by atoms with Crippen molar-refractivity contribution in [1.82, 2.24) is 4.90 Å². The lowest BCUT2D eigenvalue weighted by atomic mass is 9.87. The zero-order chi connectivity index (χ0) is 13.8. The first-order valence-electron chi connectivity index (χ1n) is 6.89. The van der Waals surface area contributed by atoms with Gasteiger partial charge in [0, 0.05) is 32.4 Å². The van der Waals surface area contributed by atoms with Crippen LogP contribution in [0.3, 0.4) is 0 Å². The molecule has 0 unspecified atom stereocenters. The lowest BCUT2D eigenvalue weighted by Crippen LogP contribution is -2.34. The number of carbonyl (C=O) groups excluding carboxylic acids is 2. The molecule has 2 rings (SSSR count). The second-order valence-electron chi connectivity index (χ2n) is 5.43. The van der Waals surface area contributed by atoms with Crippen LogP contribution in [-0.2, 0) is 16.1 Å². The number of hydrogen-bond acceptors (Lipinski definition) is 2. The molecule has 0 spiro atoms. The highest BCUT2D eigenvalue weighted by Gasteiger charge is 2.27. The Hall–Kier alpha value is -1.64. The van der Waals surface area contributed by atoms with Gasteiger partial charge in [0.1, 0.15) is 5.78 Å². The van der Waals surface area contributed by atoms with Gasteiger partial charge < -0.3 is 4.90 Å². The van der Waals surface area contributed by atoms with Crippen molar-refractivity contribution in [3.05, 3.63) is 35.4 Å². The number of aryl methyl sites for hydroxylation is 1. The molecule has 0 N–H and O–H groups in total. The van der Waals surface area contributed by atoms with E-state index in [9.17, 15) is 9.59 Å². The summed E-state index contributed by atoms with van der Waals surface area (Å²) in [5.41, 5.74) is 2.39. The number of nitrogens with zero attached hydrogens (tertiary/aromatic N) is 1. The molecule has 0 bridgehead atoms. The van der Waals surface area contributed by atoms with Gasteiger partial charge in [-0.05, 0) is 30.9 Å². The van der Waals surface area contributed by atoms with Gasteiger partial charge in [-0.2, -0.15) is 0 Å². The average Bonchev–Trinajstić information content (AvgIpc) is 2.41. The summed E-state index contributed by atoms with van der Waals surface area (Å²) in [6.07, 6.45) is 2.56. The Balaban J connectivity index is 1.96. The molecule has 0 saturated heterocycles. The second kappa shape index (κ2) is 6.00. The first-order valence-corrected chi connectivity index (χ1v) is 6.89. The number of hydrogen-bond donors (Lipinski definition) is 0. The molecular weight excluding hydrogens is 238 g/mol. The Morgan fingerprint density at radius 1 is 1.26 bits per heavy atom. The minimum Gasteiger partial charge on any atom is -0.341 e. The molecule has 0 aromatic heterocycles. The molecule has 1 aliphatic rings. The first kappa shape index (κ1) is 13.8. The third-order valence-corrected chi connectivity index (χ3v) is 3.94. The van der Waals surface area contributed by atoms with Crippen molar-refractivity contribution in [2.75, 3.05) is 7.05 Å². The molecule has 1 fully saturated rings. The molecule has 1 aromatic carbocycles. The molecule has 0 aliphatic heterocycles. The maximum absolute atomic E-state index is 12.3. The van der Waals surface area contributed by atoms with E-state index in [1.807, 2.05) is 19.2 Å². The van der Waals surface area contributed by atoms with Gasteiger partial charge in [0.2, 0.25) is 5.91 Å².